The molecule has 0 radical (unpaired) electrons. The molecule has 32 heavy (non-hydrogen) atoms. The van der Waals surface area contributed by atoms with E-state index >= 15 is 0 Å². The van der Waals surface area contributed by atoms with E-state index in [0.717, 1.165) is 5.92 Å². The zero-order valence-electron chi connectivity index (χ0n) is 23.6. The minimum atomic E-state index is -0.0589. The lowest BCUT2D eigenvalue weighted by Gasteiger charge is -2.50. The second-order valence-corrected chi connectivity index (χ2v) is 12.5. The molecular formula is C31H61N. The van der Waals surface area contributed by atoms with Crippen molar-refractivity contribution in [1.82, 2.24) is 0 Å². The highest BCUT2D eigenvalue weighted by molar-refractivity contribution is 5.09. The van der Waals surface area contributed by atoms with E-state index in [0.29, 0.717) is 17.3 Å². The lowest BCUT2D eigenvalue weighted by Crippen LogP contribution is -2.51. The summed E-state index contributed by atoms with van der Waals surface area (Å²) >= 11 is 0. The summed E-state index contributed by atoms with van der Waals surface area (Å²) in [5.74, 6) is 2.11. The van der Waals surface area contributed by atoms with Crippen molar-refractivity contribution >= 4 is 0 Å². The quantitative estimate of drug-likeness (QED) is 0.220. The number of nitrogens with two attached hydrogens (primary N) is 1. The predicted octanol–water partition coefficient (Wildman–Crippen LogP) is 10.1. The van der Waals surface area contributed by atoms with Crippen molar-refractivity contribution in [2.24, 2.45) is 34.3 Å². The molecule has 1 aliphatic carbocycles. The number of rotatable bonds is 13. The van der Waals surface area contributed by atoms with Gasteiger partial charge in [0.2, 0.25) is 0 Å². The lowest BCUT2D eigenvalue weighted by molar-refractivity contribution is 0.0378. The van der Waals surface area contributed by atoms with E-state index < -0.39 is 0 Å². The molecule has 0 aliphatic heterocycles. The van der Waals surface area contributed by atoms with Gasteiger partial charge in [-0.3, -0.25) is 0 Å². The van der Waals surface area contributed by atoms with E-state index in [1.54, 1.807) is 0 Å². The van der Waals surface area contributed by atoms with Crippen LogP contribution in [0.4, 0.5) is 0 Å². The maximum absolute atomic E-state index is 7.32. The minimum absolute atomic E-state index is 0.0589. The summed E-state index contributed by atoms with van der Waals surface area (Å²) in [6, 6.07) is 0. The van der Waals surface area contributed by atoms with Gasteiger partial charge < -0.3 is 5.73 Å². The number of allylic oxidation sites excluding steroid dienone is 2. The van der Waals surface area contributed by atoms with Crippen LogP contribution in [0.3, 0.4) is 0 Å². The molecule has 1 heteroatoms. The van der Waals surface area contributed by atoms with Crippen molar-refractivity contribution in [3.63, 3.8) is 0 Å². The fourth-order valence-electron chi connectivity index (χ4n) is 7.15. The van der Waals surface area contributed by atoms with Crippen molar-refractivity contribution in [1.29, 1.82) is 0 Å². The highest BCUT2D eigenvalue weighted by Crippen LogP contribution is 2.55. The highest BCUT2D eigenvalue weighted by atomic mass is 14.8. The Balaban J connectivity index is 3.29. The van der Waals surface area contributed by atoms with Crippen LogP contribution in [0.2, 0.25) is 0 Å². The van der Waals surface area contributed by atoms with E-state index in [4.69, 9.17) is 5.73 Å². The lowest BCUT2D eigenvalue weighted by atomic mass is 9.56. The van der Waals surface area contributed by atoms with Crippen LogP contribution in [0.25, 0.3) is 0 Å². The van der Waals surface area contributed by atoms with Gasteiger partial charge in [0.15, 0.2) is 0 Å². The van der Waals surface area contributed by atoms with Crippen LogP contribution in [0.15, 0.2) is 12.2 Å². The first-order valence-electron chi connectivity index (χ1n) is 14.5. The van der Waals surface area contributed by atoms with Gasteiger partial charge in [-0.1, -0.05) is 118 Å². The Morgan fingerprint density at radius 2 is 1.44 bits per heavy atom. The zero-order valence-corrected chi connectivity index (χ0v) is 23.6. The van der Waals surface area contributed by atoms with Crippen molar-refractivity contribution in [2.75, 3.05) is 0 Å². The van der Waals surface area contributed by atoms with Gasteiger partial charge in [-0.05, 0) is 74.5 Å². The second-order valence-electron chi connectivity index (χ2n) is 12.5. The Labute approximate surface area is 203 Å². The molecule has 4 atom stereocenters. The van der Waals surface area contributed by atoms with Gasteiger partial charge in [0.1, 0.15) is 0 Å². The zero-order chi connectivity index (χ0) is 24.3. The topological polar surface area (TPSA) is 26.0 Å². The van der Waals surface area contributed by atoms with Gasteiger partial charge in [-0.25, -0.2) is 0 Å². The highest BCUT2D eigenvalue weighted by Gasteiger charge is 2.48. The van der Waals surface area contributed by atoms with Crippen molar-refractivity contribution in [3.8, 4) is 0 Å². The summed E-state index contributed by atoms with van der Waals surface area (Å²) in [4.78, 5) is 0. The van der Waals surface area contributed by atoms with E-state index in [1.165, 1.54) is 96.3 Å². The minimum Gasteiger partial charge on any atom is -0.325 e. The third-order valence-electron chi connectivity index (χ3n) is 9.34. The molecule has 0 spiro atoms. The molecule has 0 aromatic rings. The third-order valence-corrected chi connectivity index (χ3v) is 9.34. The molecule has 0 amide bonds. The molecule has 0 heterocycles. The van der Waals surface area contributed by atoms with Crippen molar-refractivity contribution < 1.29 is 0 Å². The van der Waals surface area contributed by atoms with Crippen LogP contribution < -0.4 is 5.73 Å². The molecule has 2 N–H and O–H groups in total. The number of unbranched alkanes of at least 4 members (excludes halogenated alkanes) is 6. The molecule has 1 nitrogen and oxygen atoms in total. The average Bonchev–Trinajstić information content (AvgIpc) is 2.75. The standard InChI is InChI=1S/C31H61N/c1-9-13-15-17-19-27(20-18-16-14-10-2)28-25-29(6,7)31(12-4,22-11-3)23-21-26(5)24-30(28,8)32/h11,22,26-28H,9-10,12-21,23-25,32H2,1-8H3. The van der Waals surface area contributed by atoms with Crippen LogP contribution >= 0.6 is 0 Å². The molecule has 4 unspecified atom stereocenters. The molecule has 0 saturated heterocycles. The first kappa shape index (κ1) is 29.7. The van der Waals surface area contributed by atoms with Gasteiger partial charge >= 0.3 is 0 Å². The maximum Gasteiger partial charge on any atom is 0.0159 e. The Kier molecular flexibility index (Phi) is 13.2. The molecular weight excluding hydrogens is 386 g/mol. The first-order valence-corrected chi connectivity index (χ1v) is 14.5. The first-order chi connectivity index (χ1) is 15.1. The predicted molar refractivity (Wildman–Crippen MR) is 146 cm³/mol. The summed E-state index contributed by atoms with van der Waals surface area (Å²) in [6.45, 7) is 19.3. The van der Waals surface area contributed by atoms with Gasteiger partial charge in [0.05, 0.1) is 0 Å². The summed E-state index contributed by atoms with van der Waals surface area (Å²) < 4.78 is 0. The number of hydrogen-bond donors (Lipinski definition) is 1. The van der Waals surface area contributed by atoms with Crippen molar-refractivity contribution in [3.05, 3.63) is 12.2 Å². The summed E-state index contributed by atoms with van der Waals surface area (Å²) in [5.41, 5.74) is 7.83. The molecule has 1 aliphatic rings. The Hall–Kier alpha value is -0.300. The molecule has 190 valence electrons. The second kappa shape index (κ2) is 14.2. The molecule has 0 aromatic carbocycles. The van der Waals surface area contributed by atoms with Gasteiger partial charge in [0.25, 0.3) is 0 Å². The Bertz CT molecular complexity index is 505. The van der Waals surface area contributed by atoms with Crippen LogP contribution in [0, 0.1) is 28.6 Å². The molecule has 0 bridgehead atoms. The fourth-order valence-corrected chi connectivity index (χ4v) is 7.15. The number of hydrogen-bond acceptors (Lipinski definition) is 1. The Morgan fingerprint density at radius 3 is 1.91 bits per heavy atom. The van der Waals surface area contributed by atoms with E-state index in [-0.39, 0.29) is 11.0 Å². The van der Waals surface area contributed by atoms with Crippen LogP contribution in [-0.2, 0) is 0 Å². The molecule has 0 aromatic heterocycles. The fraction of sp³-hybridized carbons (Fsp3) is 0.935. The monoisotopic (exact) mass is 447 g/mol. The summed E-state index contributed by atoms with van der Waals surface area (Å²) in [6.07, 6.45) is 25.0. The normalized spacial score (nSPS) is 31.6. The van der Waals surface area contributed by atoms with Crippen LogP contribution in [-0.4, -0.2) is 5.54 Å². The van der Waals surface area contributed by atoms with Gasteiger partial charge in [-0.2, -0.15) is 0 Å². The summed E-state index contributed by atoms with van der Waals surface area (Å²) in [5, 5.41) is 0. The molecule has 1 fully saturated rings. The smallest absolute Gasteiger partial charge is 0.0159 e. The largest absolute Gasteiger partial charge is 0.325 e. The van der Waals surface area contributed by atoms with E-state index in [9.17, 15) is 0 Å². The maximum atomic E-state index is 7.32. The van der Waals surface area contributed by atoms with Crippen molar-refractivity contribution in [2.45, 2.75) is 157 Å². The third kappa shape index (κ3) is 8.48. The van der Waals surface area contributed by atoms with Gasteiger partial charge in [-0.15, -0.1) is 0 Å². The SMILES string of the molecule is CC=CC1(CC)CCC(C)CC(C)(N)C(C(CCCCCC)CCCCCC)CC1(C)C. The van der Waals surface area contributed by atoms with Crippen LogP contribution in [0.1, 0.15) is 152 Å². The van der Waals surface area contributed by atoms with E-state index in [1.807, 2.05) is 0 Å². The molecule has 1 saturated carbocycles. The molecule has 1 rings (SSSR count). The van der Waals surface area contributed by atoms with Crippen LogP contribution in [0.5, 0.6) is 0 Å². The van der Waals surface area contributed by atoms with Gasteiger partial charge in [0, 0.05) is 5.54 Å². The average molecular weight is 448 g/mol. The van der Waals surface area contributed by atoms with E-state index in [2.05, 4.69) is 67.5 Å². The summed E-state index contributed by atoms with van der Waals surface area (Å²) in [7, 11) is 0. The Morgan fingerprint density at radius 1 is 0.875 bits per heavy atom.